The van der Waals surface area contributed by atoms with Crippen molar-refractivity contribution in [3.63, 3.8) is 0 Å². The van der Waals surface area contributed by atoms with Crippen LogP contribution in [0.1, 0.15) is 31.8 Å². The summed E-state index contributed by atoms with van der Waals surface area (Å²) in [5.74, 6) is -1.57. The lowest BCUT2D eigenvalue weighted by molar-refractivity contribution is -0.0689. The normalized spacial score (nSPS) is 12.2. The predicted octanol–water partition coefficient (Wildman–Crippen LogP) is 5.23. The van der Waals surface area contributed by atoms with Crippen molar-refractivity contribution < 1.29 is 22.8 Å². The van der Waals surface area contributed by atoms with E-state index < -0.39 is 23.4 Å². The second kappa shape index (κ2) is 7.51. The van der Waals surface area contributed by atoms with Crippen LogP contribution >= 0.6 is 23.2 Å². The van der Waals surface area contributed by atoms with E-state index in [2.05, 4.69) is 0 Å². The van der Waals surface area contributed by atoms with E-state index in [4.69, 9.17) is 28.9 Å². The highest BCUT2D eigenvalue weighted by Crippen LogP contribution is 2.36. The molecule has 0 aromatic heterocycles. The van der Waals surface area contributed by atoms with Crippen LogP contribution in [-0.4, -0.2) is 17.9 Å². The lowest BCUT2D eigenvalue weighted by Gasteiger charge is -2.13. The SMILES string of the molecule is Cc1cc(C(=O)/C=C(/c2cc(Cl)cc(Cl)c2)C(F)(F)F)ccc1C(N)=O. The van der Waals surface area contributed by atoms with E-state index in [0.717, 1.165) is 12.1 Å². The van der Waals surface area contributed by atoms with Crippen molar-refractivity contribution in [3.05, 3.63) is 74.8 Å². The van der Waals surface area contributed by atoms with Crippen LogP contribution in [0.3, 0.4) is 0 Å². The van der Waals surface area contributed by atoms with Crippen LogP contribution < -0.4 is 5.73 Å². The number of hydrogen-bond acceptors (Lipinski definition) is 2. The zero-order valence-corrected chi connectivity index (χ0v) is 14.8. The zero-order valence-electron chi connectivity index (χ0n) is 13.3. The summed E-state index contributed by atoms with van der Waals surface area (Å²) >= 11 is 11.5. The molecule has 26 heavy (non-hydrogen) atoms. The van der Waals surface area contributed by atoms with Crippen molar-refractivity contribution in [1.29, 1.82) is 0 Å². The Morgan fingerprint density at radius 2 is 1.58 bits per heavy atom. The maximum atomic E-state index is 13.4. The summed E-state index contributed by atoms with van der Waals surface area (Å²) < 4.78 is 40.3. The molecule has 0 aliphatic heterocycles. The maximum absolute atomic E-state index is 13.4. The molecule has 0 bridgehead atoms. The molecule has 0 atom stereocenters. The van der Waals surface area contributed by atoms with E-state index in [1.807, 2.05) is 0 Å². The molecule has 0 spiro atoms. The van der Waals surface area contributed by atoms with Crippen LogP contribution in [0, 0.1) is 6.92 Å². The molecule has 1 amide bonds. The first kappa shape index (κ1) is 20.0. The van der Waals surface area contributed by atoms with E-state index in [9.17, 15) is 22.8 Å². The highest BCUT2D eigenvalue weighted by atomic mass is 35.5. The van der Waals surface area contributed by atoms with Crippen molar-refractivity contribution in [2.45, 2.75) is 13.1 Å². The van der Waals surface area contributed by atoms with E-state index in [1.165, 1.54) is 31.2 Å². The number of amides is 1. The fraction of sp³-hybridized carbons (Fsp3) is 0.111. The molecular weight excluding hydrogens is 390 g/mol. The van der Waals surface area contributed by atoms with Gasteiger partial charge in [-0.15, -0.1) is 0 Å². The summed E-state index contributed by atoms with van der Waals surface area (Å²) in [5.41, 5.74) is 4.23. The molecule has 0 aliphatic carbocycles. The maximum Gasteiger partial charge on any atom is 0.417 e. The Kier molecular flexibility index (Phi) is 5.78. The number of carbonyl (C=O) groups excluding carboxylic acids is 2. The van der Waals surface area contributed by atoms with Gasteiger partial charge in [0.2, 0.25) is 5.91 Å². The molecule has 2 aromatic rings. The Labute approximate surface area is 157 Å². The van der Waals surface area contributed by atoms with Gasteiger partial charge < -0.3 is 5.73 Å². The molecule has 0 heterocycles. The third-order valence-corrected chi connectivity index (χ3v) is 3.97. The minimum absolute atomic E-state index is 0.0109. The lowest BCUT2D eigenvalue weighted by atomic mass is 9.98. The number of primary amides is 1. The molecule has 136 valence electrons. The largest absolute Gasteiger partial charge is 0.417 e. The molecular formula is C18H12Cl2F3NO2. The van der Waals surface area contributed by atoms with Gasteiger partial charge in [-0.05, 0) is 54.5 Å². The molecule has 0 radical (unpaired) electrons. The summed E-state index contributed by atoms with van der Waals surface area (Å²) in [6.07, 6.45) is -4.33. The van der Waals surface area contributed by atoms with Crippen molar-refractivity contribution >= 4 is 40.5 Å². The molecule has 2 aromatic carbocycles. The van der Waals surface area contributed by atoms with E-state index in [1.54, 1.807) is 0 Å². The van der Waals surface area contributed by atoms with Gasteiger partial charge >= 0.3 is 6.18 Å². The fourth-order valence-corrected chi connectivity index (χ4v) is 2.87. The number of allylic oxidation sites excluding steroid dienone is 2. The van der Waals surface area contributed by atoms with Crippen LogP contribution in [0.5, 0.6) is 0 Å². The van der Waals surface area contributed by atoms with Crippen LogP contribution in [-0.2, 0) is 0 Å². The lowest BCUT2D eigenvalue weighted by Crippen LogP contribution is -2.14. The Hall–Kier alpha value is -2.31. The van der Waals surface area contributed by atoms with Gasteiger partial charge in [-0.3, -0.25) is 9.59 Å². The van der Waals surface area contributed by atoms with Gasteiger partial charge in [0.1, 0.15) is 0 Å². The topological polar surface area (TPSA) is 60.2 Å². The smallest absolute Gasteiger partial charge is 0.366 e. The molecule has 3 nitrogen and oxygen atoms in total. The third-order valence-electron chi connectivity index (χ3n) is 3.53. The van der Waals surface area contributed by atoms with Gasteiger partial charge in [0.05, 0.1) is 5.57 Å². The van der Waals surface area contributed by atoms with Gasteiger partial charge in [-0.1, -0.05) is 29.3 Å². The minimum Gasteiger partial charge on any atom is -0.366 e. The van der Waals surface area contributed by atoms with Crippen LogP contribution in [0.2, 0.25) is 10.0 Å². The summed E-state index contributed by atoms with van der Waals surface area (Å²) in [6, 6.07) is 7.27. The minimum atomic E-state index is -4.80. The Bertz CT molecular complexity index is 901. The second-order valence-corrected chi connectivity index (χ2v) is 6.34. The number of benzene rings is 2. The summed E-state index contributed by atoms with van der Waals surface area (Å²) in [7, 11) is 0. The van der Waals surface area contributed by atoms with Crippen molar-refractivity contribution in [1.82, 2.24) is 0 Å². The first-order valence-corrected chi connectivity index (χ1v) is 7.95. The average Bonchev–Trinajstić information content (AvgIpc) is 2.49. The monoisotopic (exact) mass is 401 g/mol. The highest BCUT2D eigenvalue weighted by Gasteiger charge is 2.35. The van der Waals surface area contributed by atoms with Gasteiger partial charge in [0.25, 0.3) is 0 Å². The predicted molar refractivity (Wildman–Crippen MR) is 94.5 cm³/mol. The third kappa shape index (κ3) is 4.65. The summed E-state index contributed by atoms with van der Waals surface area (Å²) in [5, 5.41) is 0.0218. The summed E-state index contributed by atoms with van der Waals surface area (Å²) in [6.45, 7) is 1.53. The van der Waals surface area contributed by atoms with E-state index in [0.29, 0.717) is 11.6 Å². The molecule has 0 saturated heterocycles. The number of aryl methyl sites for hydroxylation is 1. The van der Waals surface area contributed by atoms with Crippen LogP contribution in [0.25, 0.3) is 5.57 Å². The Morgan fingerprint density at radius 1 is 1.00 bits per heavy atom. The number of alkyl halides is 3. The van der Waals surface area contributed by atoms with Crippen molar-refractivity contribution in [3.8, 4) is 0 Å². The number of hydrogen-bond donors (Lipinski definition) is 1. The number of nitrogens with two attached hydrogens (primary N) is 1. The van der Waals surface area contributed by atoms with Crippen molar-refractivity contribution in [2.24, 2.45) is 5.73 Å². The van der Waals surface area contributed by atoms with Crippen LogP contribution in [0.15, 0.2) is 42.5 Å². The number of halogens is 5. The van der Waals surface area contributed by atoms with Gasteiger partial charge in [0.15, 0.2) is 5.78 Å². The average molecular weight is 402 g/mol. The first-order chi connectivity index (χ1) is 12.0. The van der Waals surface area contributed by atoms with Gasteiger partial charge in [-0.25, -0.2) is 0 Å². The first-order valence-electron chi connectivity index (χ1n) is 7.19. The van der Waals surface area contributed by atoms with Crippen LogP contribution in [0.4, 0.5) is 13.2 Å². The number of ketones is 1. The highest BCUT2D eigenvalue weighted by molar-refractivity contribution is 6.35. The van der Waals surface area contributed by atoms with E-state index >= 15 is 0 Å². The molecule has 8 heteroatoms. The standard InChI is InChI=1S/C18H12Cl2F3NO2/c1-9-4-10(2-3-14(9)17(24)26)16(25)8-15(18(21,22)23)11-5-12(19)7-13(20)6-11/h2-8H,1H3,(H2,24,26)/b15-8-. The van der Waals surface area contributed by atoms with E-state index in [-0.39, 0.29) is 26.7 Å². The van der Waals surface area contributed by atoms with Crippen molar-refractivity contribution in [2.75, 3.05) is 0 Å². The second-order valence-electron chi connectivity index (χ2n) is 5.47. The fourth-order valence-electron chi connectivity index (χ4n) is 2.35. The Morgan fingerprint density at radius 3 is 2.04 bits per heavy atom. The quantitative estimate of drug-likeness (QED) is 0.563. The Balaban J connectivity index is 2.52. The number of rotatable bonds is 4. The molecule has 0 unspecified atom stereocenters. The molecule has 0 saturated carbocycles. The molecule has 2 rings (SSSR count). The molecule has 2 N–H and O–H groups in total. The van der Waals surface area contributed by atoms with Gasteiger partial charge in [-0.2, -0.15) is 13.2 Å². The number of carbonyl (C=O) groups is 2. The zero-order chi connectivity index (χ0) is 19.6. The molecule has 0 aliphatic rings. The van der Waals surface area contributed by atoms with Gasteiger partial charge in [0, 0.05) is 21.2 Å². The molecule has 0 fully saturated rings. The summed E-state index contributed by atoms with van der Waals surface area (Å²) in [4.78, 5) is 23.5.